The molecule has 2 aliphatic heterocycles. The van der Waals surface area contributed by atoms with Crippen LogP contribution in [-0.2, 0) is 9.59 Å². The summed E-state index contributed by atoms with van der Waals surface area (Å²) in [6.45, 7) is 9.85. The molecule has 4 rings (SSSR count). The molecule has 3 aliphatic rings. The van der Waals surface area contributed by atoms with Crippen molar-refractivity contribution >= 4 is 27.6 Å². The van der Waals surface area contributed by atoms with E-state index >= 15 is 0 Å². The number of benzene rings is 1. The lowest BCUT2D eigenvalue weighted by Gasteiger charge is -2.41. The molecular formula is C26H33BrN2O4. The number of phenolic OH excluding ortho intramolecular Hbond substituents is 1. The quantitative estimate of drug-likeness (QED) is 0.576. The lowest BCUT2D eigenvalue weighted by Crippen LogP contribution is -2.43. The molecule has 0 spiro atoms. The Hall–Kier alpha value is -2.28. The van der Waals surface area contributed by atoms with Crippen LogP contribution in [0.25, 0.3) is 0 Å². The summed E-state index contributed by atoms with van der Waals surface area (Å²) in [7, 11) is 0. The fourth-order valence-electron chi connectivity index (χ4n) is 5.35. The zero-order valence-corrected chi connectivity index (χ0v) is 21.5. The number of halogens is 1. The van der Waals surface area contributed by atoms with Gasteiger partial charge in [0, 0.05) is 48.0 Å². The highest BCUT2D eigenvalue weighted by atomic mass is 79.9. The summed E-state index contributed by atoms with van der Waals surface area (Å²) in [5.41, 5.74) is 3.60. The van der Waals surface area contributed by atoms with Crippen molar-refractivity contribution in [3.8, 4) is 11.5 Å². The molecule has 7 heteroatoms. The normalized spacial score (nSPS) is 22.8. The number of carbonyl (C=O) groups excluding carboxylic acids is 2. The minimum atomic E-state index is -0.504. The lowest BCUT2D eigenvalue weighted by atomic mass is 9.68. The van der Waals surface area contributed by atoms with Crippen LogP contribution in [-0.4, -0.2) is 41.4 Å². The highest BCUT2D eigenvalue weighted by Gasteiger charge is 2.43. The lowest BCUT2D eigenvalue weighted by molar-refractivity contribution is -0.128. The number of ketones is 1. The number of phenols is 1. The molecule has 6 nitrogen and oxygen atoms in total. The average molecular weight is 517 g/mol. The van der Waals surface area contributed by atoms with Gasteiger partial charge in [-0.05, 0) is 78.6 Å². The Morgan fingerprint density at radius 3 is 2.61 bits per heavy atom. The van der Waals surface area contributed by atoms with Gasteiger partial charge in [0.25, 0.3) is 5.91 Å². The first-order chi connectivity index (χ1) is 15.6. The van der Waals surface area contributed by atoms with Crippen molar-refractivity contribution in [2.24, 2.45) is 5.41 Å². The van der Waals surface area contributed by atoms with Crippen LogP contribution in [0, 0.1) is 5.41 Å². The van der Waals surface area contributed by atoms with Gasteiger partial charge in [0.15, 0.2) is 17.3 Å². The van der Waals surface area contributed by atoms with E-state index in [1.54, 1.807) is 6.07 Å². The van der Waals surface area contributed by atoms with E-state index in [9.17, 15) is 14.7 Å². The first-order valence-electron chi connectivity index (χ1n) is 11.8. The molecule has 0 bridgehead atoms. The Bertz CT molecular complexity index is 1050. The number of nitrogens with one attached hydrogen (secondary N) is 1. The molecule has 1 atom stereocenters. The number of nitrogens with zero attached hydrogens (tertiary/aromatic N) is 1. The number of amides is 1. The molecule has 1 fully saturated rings. The minimum absolute atomic E-state index is 0.0176. The van der Waals surface area contributed by atoms with Gasteiger partial charge < -0.3 is 20.1 Å². The van der Waals surface area contributed by atoms with Crippen molar-refractivity contribution in [3.63, 3.8) is 0 Å². The van der Waals surface area contributed by atoms with E-state index in [0.29, 0.717) is 34.4 Å². The summed E-state index contributed by atoms with van der Waals surface area (Å²) < 4.78 is 6.16. The maximum Gasteiger partial charge on any atom is 0.252 e. The maximum absolute atomic E-state index is 13.8. The number of dihydropyridines is 1. The number of piperidine rings is 1. The largest absolute Gasteiger partial charge is 0.503 e. The molecule has 2 heterocycles. The summed E-state index contributed by atoms with van der Waals surface area (Å²) in [6, 6.07) is 3.58. The zero-order valence-electron chi connectivity index (χ0n) is 19.9. The van der Waals surface area contributed by atoms with Crippen molar-refractivity contribution in [3.05, 3.63) is 44.7 Å². The molecule has 178 valence electrons. The monoisotopic (exact) mass is 516 g/mol. The van der Waals surface area contributed by atoms with E-state index < -0.39 is 5.92 Å². The molecule has 1 aliphatic carbocycles. The van der Waals surface area contributed by atoms with Crippen LogP contribution >= 0.6 is 15.9 Å². The number of hydrogen-bond donors (Lipinski definition) is 2. The third-order valence-electron chi connectivity index (χ3n) is 6.80. The second-order valence-corrected chi connectivity index (χ2v) is 10.9. The van der Waals surface area contributed by atoms with E-state index in [2.05, 4.69) is 35.1 Å². The Labute approximate surface area is 204 Å². The molecule has 2 N–H and O–H groups in total. The topological polar surface area (TPSA) is 78.9 Å². The van der Waals surface area contributed by atoms with Gasteiger partial charge in [0.05, 0.1) is 11.1 Å². The van der Waals surface area contributed by atoms with Gasteiger partial charge >= 0.3 is 0 Å². The van der Waals surface area contributed by atoms with E-state index in [0.717, 1.165) is 55.7 Å². The number of allylic oxidation sites excluding steroid dienone is 3. The Kier molecular flexibility index (Phi) is 6.63. The Morgan fingerprint density at radius 2 is 1.94 bits per heavy atom. The summed E-state index contributed by atoms with van der Waals surface area (Å²) in [6.07, 6.45) is 4.30. The standard InChI is InChI=1S/C26H33BrN2O4/c1-5-33-20-12-16(11-17(27)24(20)31)22-21(25(32)29-9-7-6-8-10-29)15(2)28-18-13-26(3,4)14-19(30)23(18)22/h11-12,22,28,31H,5-10,13-14H2,1-4H3. The van der Waals surface area contributed by atoms with Gasteiger partial charge in [0.2, 0.25) is 0 Å². The SMILES string of the molecule is CCOc1cc(C2C(C(=O)N3CCCCC3)=C(C)NC3=C2C(=O)CC(C)(C)C3)cc(Br)c1O. The third kappa shape index (κ3) is 4.57. The van der Waals surface area contributed by atoms with Crippen LogP contribution in [0.2, 0.25) is 0 Å². The first kappa shape index (κ1) is 23.9. The second kappa shape index (κ2) is 9.16. The van der Waals surface area contributed by atoms with Crippen LogP contribution in [0.5, 0.6) is 11.5 Å². The fourth-order valence-corrected chi connectivity index (χ4v) is 5.81. The van der Waals surface area contributed by atoms with Crippen LogP contribution in [0.3, 0.4) is 0 Å². The zero-order chi connectivity index (χ0) is 23.9. The molecule has 1 aromatic rings. The van der Waals surface area contributed by atoms with E-state index in [1.807, 2.05) is 24.8 Å². The molecule has 0 radical (unpaired) electrons. The summed E-state index contributed by atoms with van der Waals surface area (Å²) in [4.78, 5) is 29.2. The predicted octanol–water partition coefficient (Wildman–Crippen LogP) is 5.17. The predicted molar refractivity (Wildman–Crippen MR) is 131 cm³/mol. The number of ether oxygens (including phenoxy) is 1. The molecule has 1 saturated heterocycles. The Balaban J connectivity index is 1.88. The molecule has 1 unspecified atom stereocenters. The van der Waals surface area contributed by atoms with Gasteiger partial charge in [-0.15, -0.1) is 0 Å². The van der Waals surface area contributed by atoms with Gasteiger partial charge in [0.1, 0.15) is 0 Å². The number of carbonyl (C=O) groups is 2. The highest BCUT2D eigenvalue weighted by Crippen LogP contribution is 2.49. The number of rotatable bonds is 4. The number of aromatic hydroxyl groups is 1. The Morgan fingerprint density at radius 1 is 1.24 bits per heavy atom. The van der Waals surface area contributed by atoms with E-state index in [1.165, 1.54) is 0 Å². The van der Waals surface area contributed by atoms with Gasteiger partial charge in [-0.2, -0.15) is 0 Å². The second-order valence-electron chi connectivity index (χ2n) is 10.1. The molecule has 0 aromatic heterocycles. The summed E-state index contributed by atoms with van der Waals surface area (Å²) in [5, 5.41) is 13.9. The van der Waals surface area contributed by atoms with Gasteiger partial charge in [-0.3, -0.25) is 9.59 Å². The van der Waals surface area contributed by atoms with E-state index in [-0.39, 0.29) is 22.9 Å². The number of hydrogen-bond acceptors (Lipinski definition) is 5. The van der Waals surface area contributed by atoms with Crippen LogP contribution < -0.4 is 10.1 Å². The first-order valence-corrected chi connectivity index (χ1v) is 12.6. The van der Waals surface area contributed by atoms with Gasteiger partial charge in [-0.25, -0.2) is 0 Å². The molecular weight excluding hydrogens is 484 g/mol. The molecule has 33 heavy (non-hydrogen) atoms. The number of Topliss-reactive ketones (excluding diaryl/α,β-unsaturated/α-hetero) is 1. The van der Waals surface area contributed by atoms with Crippen molar-refractivity contribution in [1.82, 2.24) is 10.2 Å². The smallest absolute Gasteiger partial charge is 0.252 e. The van der Waals surface area contributed by atoms with Gasteiger partial charge in [-0.1, -0.05) is 13.8 Å². The fraction of sp³-hybridized carbons (Fsp3) is 0.538. The molecule has 1 amide bonds. The summed E-state index contributed by atoms with van der Waals surface area (Å²) >= 11 is 3.45. The van der Waals surface area contributed by atoms with Crippen molar-refractivity contribution in [2.45, 2.75) is 65.7 Å². The van der Waals surface area contributed by atoms with E-state index in [4.69, 9.17) is 4.74 Å². The summed E-state index contributed by atoms with van der Waals surface area (Å²) in [5.74, 6) is -0.0956. The van der Waals surface area contributed by atoms with Crippen molar-refractivity contribution < 1.29 is 19.4 Å². The minimum Gasteiger partial charge on any atom is -0.503 e. The highest BCUT2D eigenvalue weighted by molar-refractivity contribution is 9.10. The van der Waals surface area contributed by atoms with Crippen molar-refractivity contribution in [1.29, 1.82) is 0 Å². The van der Waals surface area contributed by atoms with Crippen LogP contribution in [0.15, 0.2) is 39.1 Å². The third-order valence-corrected chi connectivity index (χ3v) is 7.40. The maximum atomic E-state index is 13.8. The van der Waals surface area contributed by atoms with Crippen molar-refractivity contribution in [2.75, 3.05) is 19.7 Å². The van der Waals surface area contributed by atoms with Crippen LogP contribution in [0.4, 0.5) is 0 Å². The molecule has 0 saturated carbocycles. The molecule has 1 aromatic carbocycles. The van der Waals surface area contributed by atoms with Crippen LogP contribution in [0.1, 0.15) is 71.3 Å². The average Bonchev–Trinajstić information content (AvgIpc) is 2.75. The number of likely N-dealkylation sites (tertiary alicyclic amines) is 1.